The first-order chi connectivity index (χ1) is 13.3. The molecule has 2 fully saturated rings. The van der Waals surface area contributed by atoms with Crippen molar-refractivity contribution in [3.63, 3.8) is 0 Å². The molecule has 6 nitrogen and oxygen atoms in total. The topological polar surface area (TPSA) is 45.2 Å². The summed E-state index contributed by atoms with van der Waals surface area (Å²) in [6.45, 7) is 14.8. The molecule has 0 spiro atoms. The lowest BCUT2D eigenvalue weighted by Crippen LogP contribution is -2.62. The number of rotatable bonds is 4. The Labute approximate surface area is 169 Å². The lowest BCUT2D eigenvalue weighted by Gasteiger charge is -2.47. The van der Waals surface area contributed by atoms with Crippen molar-refractivity contribution in [2.45, 2.75) is 51.9 Å². The highest BCUT2D eigenvalue weighted by Crippen LogP contribution is 2.22. The second-order valence-electron chi connectivity index (χ2n) is 8.96. The highest BCUT2D eigenvalue weighted by atomic mass is 16.6. The van der Waals surface area contributed by atoms with Crippen LogP contribution >= 0.6 is 0 Å². The molecule has 2 heterocycles. The maximum Gasteiger partial charge on any atom is 0.410 e. The molecule has 2 aliphatic rings. The number of hydrogen-bond donors (Lipinski definition) is 0. The molecule has 0 radical (unpaired) electrons. The summed E-state index contributed by atoms with van der Waals surface area (Å²) in [5.41, 5.74) is 0.838. The predicted octanol–water partition coefficient (Wildman–Crippen LogP) is 2.83. The van der Waals surface area contributed by atoms with Gasteiger partial charge >= 0.3 is 6.09 Å². The summed E-state index contributed by atoms with van der Waals surface area (Å²) in [5.74, 6) is 0. The normalized spacial score (nSPS) is 24.9. The van der Waals surface area contributed by atoms with Crippen LogP contribution in [-0.4, -0.2) is 84.4 Å². The monoisotopic (exact) mass is 389 g/mol. The standard InChI is InChI=1S/C22H35N3O3/c1-18-14-24(15-19-8-6-5-7-9-19)20(16-23-10-12-27-13-11-23)17-25(18)21(26)28-22(2,3)4/h5-9,18,20H,10-17H2,1-4H3/t18-,20+/m1/s1. The molecule has 2 atom stereocenters. The summed E-state index contributed by atoms with van der Waals surface area (Å²) in [4.78, 5) is 19.7. The Morgan fingerprint density at radius 3 is 2.46 bits per heavy atom. The molecule has 156 valence electrons. The van der Waals surface area contributed by atoms with Crippen LogP contribution in [0.5, 0.6) is 0 Å². The van der Waals surface area contributed by atoms with E-state index >= 15 is 0 Å². The highest BCUT2D eigenvalue weighted by molar-refractivity contribution is 5.68. The summed E-state index contributed by atoms with van der Waals surface area (Å²) < 4.78 is 11.2. The minimum absolute atomic E-state index is 0.125. The Kier molecular flexibility index (Phi) is 6.96. The fourth-order valence-electron chi connectivity index (χ4n) is 3.95. The molecule has 0 aromatic heterocycles. The van der Waals surface area contributed by atoms with E-state index in [1.807, 2.05) is 25.7 Å². The molecule has 0 bridgehead atoms. The first kappa shape index (κ1) is 21.1. The van der Waals surface area contributed by atoms with E-state index in [0.29, 0.717) is 6.54 Å². The van der Waals surface area contributed by atoms with Gasteiger partial charge in [0.1, 0.15) is 5.60 Å². The van der Waals surface area contributed by atoms with Gasteiger partial charge in [0.2, 0.25) is 0 Å². The molecule has 1 aromatic rings. The zero-order chi connectivity index (χ0) is 20.1. The highest BCUT2D eigenvalue weighted by Gasteiger charge is 2.37. The lowest BCUT2D eigenvalue weighted by atomic mass is 10.0. The third-order valence-electron chi connectivity index (χ3n) is 5.38. The first-order valence-corrected chi connectivity index (χ1v) is 10.4. The lowest BCUT2D eigenvalue weighted by molar-refractivity contribution is -0.0295. The Morgan fingerprint density at radius 2 is 1.82 bits per heavy atom. The zero-order valence-corrected chi connectivity index (χ0v) is 17.8. The molecule has 28 heavy (non-hydrogen) atoms. The van der Waals surface area contributed by atoms with Gasteiger partial charge < -0.3 is 14.4 Å². The smallest absolute Gasteiger partial charge is 0.410 e. The molecular formula is C22H35N3O3. The Balaban J connectivity index is 1.72. The van der Waals surface area contributed by atoms with Crippen molar-refractivity contribution in [2.24, 2.45) is 0 Å². The van der Waals surface area contributed by atoms with E-state index in [9.17, 15) is 4.79 Å². The largest absolute Gasteiger partial charge is 0.444 e. The second-order valence-corrected chi connectivity index (χ2v) is 8.96. The molecule has 1 aromatic carbocycles. The van der Waals surface area contributed by atoms with E-state index < -0.39 is 5.60 Å². The molecular weight excluding hydrogens is 354 g/mol. The van der Waals surface area contributed by atoms with Crippen molar-refractivity contribution in [1.29, 1.82) is 0 Å². The Morgan fingerprint density at radius 1 is 1.14 bits per heavy atom. The fourth-order valence-corrected chi connectivity index (χ4v) is 3.95. The minimum Gasteiger partial charge on any atom is -0.444 e. The zero-order valence-electron chi connectivity index (χ0n) is 17.8. The Hall–Kier alpha value is -1.63. The number of benzene rings is 1. The number of amides is 1. The van der Waals surface area contributed by atoms with Crippen LogP contribution in [0.25, 0.3) is 0 Å². The average molecular weight is 390 g/mol. The maximum absolute atomic E-state index is 12.8. The van der Waals surface area contributed by atoms with Gasteiger partial charge in [-0.15, -0.1) is 0 Å². The van der Waals surface area contributed by atoms with Gasteiger partial charge in [0, 0.05) is 51.4 Å². The molecule has 3 rings (SSSR count). The maximum atomic E-state index is 12.8. The van der Waals surface area contributed by atoms with Crippen LogP contribution in [0.15, 0.2) is 30.3 Å². The molecule has 2 aliphatic heterocycles. The molecule has 0 saturated carbocycles. The van der Waals surface area contributed by atoms with Crippen LogP contribution in [0.2, 0.25) is 0 Å². The number of hydrogen-bond acceptors (Lipinski definition) is 5. The van der Waals surface area contributed by atoms with Gasteiger partial charge in [-0.3, -0.25) is 9.80 Å². The van der Waals surface area contributed by atoms with Crippen LogP contribution in [0.4, 0.5) is 4.79 Å². The van der Waals surface area contributed by atoms with Crippen LogP contribution in [0, 0.1) is 0 Å². The van der Waals surface area contributed by atoms with Crippen LogP contribution in [0.1, 0.15) is 33.3 Å². The number of morpholine rings is 1. The molecule has 0 unspecified atom stereocenters. The molecule has 6 heteroatoms. The SMILES string of the molecule is C[C@@H]1CN(Cc2ccccc2)[C@@H](CN2CCOCC2)CN1C(=O)OC(C)(C)C. The molecule has 1 amide bonds. The number of piperazine rings is 1. The number of ether oxygens (including phenoxy) is 2. The molecule has 0 N–H and O–H groups in total. The van der Waals surface area contributed by atoms with Gasteiger partial charge in [-0.25, -0.2) is 4.79 Å². The predicted molar refractivity (Wildman–Crippen MR) is 110 cm³/mol. The van der Waals surface area contributed by atoms with Crippen molar-refractivity contribution in [3.05, 3.63) is 35.9 Å². The van der Waals surface area contributed by atoms with Crippen LogP contribution < -0.4 is 0 Å². The van der Waals surface area contributed by atoms with E-state index in [1.54, 1.807) is 0 Å². The van der Waals surface area contributed by atoms with Crippen molar-refractivity contribution >= 4 is 6.09 Å². The summed E-state index contributed by atoms with van der Waals surface area (Å²) >= 11 is 0. The van der Waals surface area contributed by atoms with Gasteiger partial charge in [0.15, 0.2) is 0 Å². The van der Waals surface area contributed by atoms with Gasteiger partial charge in [-0.1, -0.05) is 30.3 Å². The molecule has 2 saturated heterocycles. The minimum atomic E-state index is -0.475. The van der Waals surface area contributed by atoms with E-state index in [1.165, 1.54) is 5.56 Å². The number of carbonyl (C=O) groups is 1. The van der Waals surface area contributed by atoms with Gasteiger partial charge in [0.25, 0.3) is 0 Å². The van der Waals surface area contributed by atoms with Crippen molar-refractivity contribution in [3.8, 4) is 0 Å². The fraction of sp³-hybridized carbons (Fsp3) is 0.682. The van der Waals surface area contributed by atoms with Gasteiger partial charge in [0.05, 0.1) is 13.2 Å². The molecule has 0 aliphatic carbocycles. The second kappa shape index (κ2) is 9.25. The first-order valence-electron chi connectivity index (χ1n) is 10.4. The van der Waals surface area contributed by atoms with E-state index in [4.69, 9.17) is 9.47 Å². The number of carbonyl (C=O) groups excluding carboxylic acids is 1. The van der Waals surface area contributed by atoms with Gasteiger partial charge in [-0.05, 0) is 33.3 Å². The van der Waals surface area contributed by atoms with Crippen LogP contribution in [-0.2, 0) is 16.0 Å². The summed E-state index contributed by atoms with van der Waals surface area (Å²) in [6.07, 6.45) is -0.202. The van der Waals surface area contributed by atoms with Gasteiger partial charge in [-0.2, -0.15) is 0 Å². The third kappa shape index (κ3) is 5.93. The van der Waals surface area contributed by atoms with E-state index in [0.717, 1.165) is 45.9 Å². The quantitative estimate of drug-likeness (QED) is 0.792. The number of nitrogens with zero attached hydrogens (tertiary/aromatic N) is 3. The third-order valence-corrected chi connectivity index (χ3v) is 5.38. The van der Waals surface area contributed by atoms with Crippen molar-refractivity contribution in [2.75, 3.05) is 45.9 Å². The Bertz CT molecular complexity index is 626. The van der Waals surface area contributed by atoms with E-state index in [-0.39, 0.29) is 18.2 Å². The summed E-state index contributed by atoms with van der Waals surface area (Å²) in [7, 11) is 0. The average Bonchev–Trinajstić information content (AvgIpc) is 2.64. The van der Waals surface area contributed by atoms with Crippen molar-refractivity contribution < 1.29 is 14.3 Å². The van der Waals surface area contributed by atoms with Crippen LogP contribution in [0.3, 0.4) is 0 Å². The van der Waals surface area contributed by atoms with Crippen molar-refractivity contribution in [1.82, 2.24) is 14.7 Å². The van der Waals surface area contributed by atoms with E-state index in [2.05, 4.69) is 47.1 Å². The summed E-state index contributed by atoms with van der Waals surface area (Å²) in [6, 6.07) is 11.0. The summed E-state index contributed by atoms with van der Waals surface area (Å²) in [5, 5.41) is 0.